The summed E-state index contributed by atoms with van der Waals surface area (Å²) < 4.78 is 11.5. The van der Waals surface area contributed by atoms with E-state index < -0.39 is 5.41 Å². The van der Waals surface area contributed by atoms with Crippen LogP contribution in [-0.2, 0) is 9.59 Å². The molecule has 1 heterocycles. The molecule has 0 aliphatic carbocycles. The van der Waals surface area contributed by atoms with Crippen LogP contribution in [0.1, 0.15) is 20.8 Å². The van der Waals surface area contributed by atoms with Gasteiger partial charge in [0.1, 0.15) is 18.1 Å². The van der Waals surface area contributed by atoms with E-state index in [1.165, 1.54) is 0 Å². The number of hydrogen-bond acceptors (Lipinski definition) is 4. The van der Waals surface area contributed by atoms with Crippen LogP contribution in [0.25, 0.3) is 10.8 Å². The van der Waals surface area contributed by atoms with Crippen LogP contribution in [0, 0.1) is 5.41 Å². The SMILES string of the molecule is CCN1C(=O)C(C)(C)COc2ccc(NC(=O)COc3ccc4ccccc4c3)cc21. The molecular weight excluding hydrogens is 392 g/mol. The number of nitrogens with zero attached hydrogens (tertiary/aromatic N) is 1. The Labute approximate surface area is 181 Å². The second kappa shape index (κ2) is 8.30. The van der Waals surface area contributed by atoms with E-state index in [-0.39, 0.29) is 18.4 Å². The Hall–Kier alpha value is -3.54. The molecule has 0 radical (unpaired) electrons. The Morgan fingerprint density at radius 2 is 1.87 bits per heavy atom. The van der Waals surface area contributed by atoms with Crippen molar-refractivity contribution in [2.75, 3.05) is 30.0 Å². The van der Waals surface area contributed by atoms with Crippen molar-refractivity contribution in [1.82, 2.24) is 0 Å². The number of rotatable bonds is 5. The van der Waals surface area contributed by atoms with Gasteiger partial charge in [0.2, 0.25) is 5.91 Å². The van der Waals surface area contributed by atoms with Crippen molar-refractivity contribution >= 4 is 34.0 Å². The van der Waals surface area contributed by atoms with Crippen molar-refractivity contribution in [3.05, 3.63) is 60.7 Å². The number of carbonyl (C=O) groups excluding carboxylic acids is 2. The second-order valence-corrected chi connectivity index (χ2v) is 8.25. The van der Waals surface area contributed by atoms with Crippen LogP contribution in [0.5, 0.6) is 11.5 Å². The number of carbonyl (C=O) groups is 2. The predicted molar refractivity (Wildman–Crippen MR) is 122 cm³/mol. The molecule has 0 bridgehead atoms. The van der Waals surface area contributed by atoms with E-state index >= 15 is 0 Å². The average Bonchev–Trinajstić information content (AvgIpc) is 2.86. The minimum Gasteiger partial charge on any atom is -0.490 e. The van der Waals surface area contributed by atoms with Crippen LogP contribution in [0.3, 0.4) is 0 Å². The summed E-state index contributed by atoms with van der Waals surface area (Å²) >= 11 is 0. The van der Waals surface area contributed by atoms with Crippen molar-refractivity contribution in [2.24, 2.45) is 5.41 Å². The maximum atomic E-state index is 12.9. The largest absolute Gasteiger partial charge is 0.490 e. The van der Waals surface area contributed by atoms with Crippen LogP contribution >= 0.6 is 0 Å². The molecule has 0 fully saturated rings. The second-order valence-electron chi connectivity index (χ2n) is 8.25. The van der Waals surface area contributed by atoms with Gasteiger partial charge in [0.05, 0.1) is 11.1 Å². The number of nitrogens with one attached hydrogen (secondary N) is 1. The third kappa shape index (κ3) is 4.33. The molecule has 0 spiro atoms. The smallest absolute Gasteiger partial charge is 0.262 e. The number of anilines is 2. The molecular formula is C25H26N2O4. The zero-order chi connectivity index (χ0) is 22.0. The van der Waals surface area contributed by atoms with Gasteiger partial charge in [0.25, 0.3) is 5.91 Å². The summed E-state index contributed by atoms with van der Waals surface area (Å²) in [6.45, 7) is 6.37. The summed E-state index contributed by atoms with van der Waals surface area (Å²) in [4.78, 5) is 27.0. The summed E-state index contributed by atoms with van der Waals surface area (Å²) in [6.07, 6.45) is 0. The van der Waals surface area contributed by atoms with Gasteiger partial charge in [0, 0.05) is 12.2 Å². The fourth-order valence-corrected chi connectivity index (χ4v) is 3.64. The molecule has 0 saturated heterocycles. The molecule has 0 saturated carbocycles. The molecule has 31 heavy (non-hydrogen) atoms. The lowest BCUT2D eigenvalue weighted by Gasteiger charge is -2.27. The summed E-state index contributed by atoms with van der Waals surface area (Å²) in [6, 6.07) is 19.0. The Morgan fingerprint density at radius 3 is 2.65 bits per heavy atom. The third-order valence-electron chi connectivity index (χ3n) is 5.35. The van der Waals surface area contributed by atoms with E-state index in [2.05, 4.69) is 5.32 Å². The van der Waals surface area contributed by atoms with Crippen molar-refractivity contribution in [3.63, 3.8) is 0 Å². The number of ether oxygens (including phenoxy) is 2. The van der Waals surface area contributed by atoms with Gasteiger partial charge in [0.15, 0.2) is 6.61 Å². The van der Waals surface area contributed by atoms with Crippen LogP contribution in [0.15, 0.2) is 60.7 Å². The molecule has 0 atom stereocenters. The van der Waals surface area contributed by atoms with Crippen LogP contribution in [0.4, 0.5) is 11.4 Å². The van der Waals surface area contributed by atoms with E-state index in [0.29, 0.717) is 36.0 Å². The van der Waals surface area contributed by atoms with Crippen LogP contribution < -0.4 is 19.7 Å². The molecule has 6 heteroatoms. The van der Waals surface area contributed by atoms with E-state index in [1.807, 2.05) is 63.2 Å². The Kier molecular flexibility index (Phi) is 5.55. The van der Waals surface area contributed by atoms with Gasteiger partial charge < -0.3 is 19.7 Å². The molecule has 1 aliphatic rings. The van der Waals surface area contributed by atoms with Gasteiger partial charge in [-0.25, -0.2) is 0 Å². The maximum Gasteiger partial charge on any atom is 0.262 e. The summed E-state index contributed by atoms with van der Waals surface area (Å²) in [5.41, 5.74) is 0.623. The number of amides is 2. The minimum atomic E-state index is -0.619. The van der Waals surface area contributed by atoms with Gasteiger partial charge in [-0.1, -0.05) is 30.3 Å². The van der Waals surface area contributed by atoms with Crippen molar-refractivity contribution < 1.29 is 19.1 Å². The van der Waals surface area contributed by atoms with E-state index in [0.717, 1.165) is 10.8 Å². The monoisotopic (exact) mass is 418 g/mol. The Balaban J connectivity index is 1.46. The highest BCUT2D eigenvalue weighted by Crippen LogP contribution is 2.38. The fraction of sp³-hybridized carbons (Fsp3) is 0.280. The van der Waals surface area contributed by atoms with Gasteiger partial charge in [-0.05, 0) is 61.9 Å². The van der Waals surface area contributed by atoms with Crippen molar-refractivity contribution in [3.8, 4) is 11.5 Å². The molecule has 4 rings (SSSR count). The molecule has 160 valence electrons. The standard InChI is InChI=1S/C25H26N2O4/c1-4-27-21-14-19(10-12-22(21)31-16-25(2,3)24(27)29)26-23(28)15-30-20-11-9-17-7-5-6-8-18(17)13-20/h5-14H,4,15-16H2,1-3H3,(H,26,28). The topological polar surface area (TPSA) is 67.9 Å². The predicted octanol–water partition coefficient (Wildman–Crippen LogP) is 4.63. The summed E-state index contributed by atoms with van der Waals surface area (Å²) in [7, 11) is 0. The minimum absolute atomic E-state index is 0.00290. The highest BCUT2D eigenvalue weighted by molar-refractivity contribution is 6.00. The number of benzene rings is 3. The summed E-state index contributed by atoms with van der Waals surface area (Å²) in [5.74, 6) is 0.981. The van der Waals surface area contributed by atoms with Gasteiger partial charge in [-0.2, -0.15) is 0 Å². The molecule has 3 aromatic rings. The molecule has 2 amide bonds. The van der Waals surface area contributed by atoms with Crippen LogP contribution in [-0.4, -0.2) is 31.6 Å². The first-order valence-corrected chi connectivity index (χ1v) is 10.4. The first kappa shape index (κ1) is 20.7. The molecule has 1 aliphatic heterocycles. The van der Waals surface area contributed by atoms with Crippen LogP contribution in [0.2, 0.25) is 0 Å². The lowest BCUT2D eigenvalue weighted by molar-refractivity contribution is -0.127. The van der Waals surface area contributed by atoms with Gasteiger partial charge >= 0.3 is 0 Å². The Morgan fingerprint density at radius 1 is 1.10 bits per heavy atom. The Bertz CT molecular complexity index is 1140. The van der Waals surface area contributed by atoms with Crippen molar-refractivity contribution in [1.29, 1.82) is 0 Å². The molecule has 0 aromatic heterocycles. The van der Waals surface area contributed by atoms with E-state index in [1.54, 1.807) is 23.1 Å². The van der Waals surface area contributed by atoms with Gasteiger partial charge in [-0.15, -0.1) is 0 Å². The molecule has 3 aromatic carbocycles. The summed E-state index contributed by atoms with van der Waals surface area (Å²) in [5, 5.41) is 5.01. The first-order valence-electron chi connectivity index (χ1n) is 10.4. The number of fused-ring (bicyclic) bond motifs is 2. The fourth-order valence-electron chi connectivity index (χ4n) is 3.64. The zero-order valence-corrected chi connectivity index (χ0v) is 18.0. The normalized spacial score (nSPS) is 15.1. The quantitative estimate of drug-likeness (QED) is 0.656. The molecule has 0 unspecified atom stereocenters. The van der Waals surface area contributed by atoms with Gasteiger partial charge in [-0.3, -0.25) is 9.59 Å². The highest BCUT2D eigenvalue weighted by atomic mass is 16.5. The average molecular weight is 418 g/mol. The lowest BCUT2D eigenvalue weighted by atomic mass is 9.93. The molecule has 1 N–H and O–H groups in total. The zero-order valence-electron chi connectivity index (χ0n) is 18.0. The molecule has 6 nitrogen and oxygen atoms in total. The maximum absolute atomic E-state index is 12.9. The first-order chi connectivity index (χ1) is 14.9. The lowest BCUT2D eigenvalue weighted by Crippen LogP contribution is -2.42. The van der Waals surface area contributed by atoms with E-state index in [4.69, 9.17) is 9.47 Å². The van der Waals surface area contributed by atoms with E-state index in [9.17, 15) is 9.59 Å². The highest BCUT2D eigenvalue weighted by Gasteiger charge is 2.37. The van der Waals surface area contributed by atoms with Crippen molar-refractivity contribution in [2.45, 2.75) is 20.8 Å². The number of hydrogen-bond donors (Lipinski definition) is 1. The third-order valence-corrected chi connectivity index (χ3v) is 5.35.